The number of ether oxygens (including phenoxy) is 2. The second-order valence-electron chi connectivity index (χ2n) is 8.69. The van der Waals surface area contributed by atoms with Crippen LogP contribution in [-0.4, -0.2) is 46.5 Å². The molecule has 1 fully saturated rings. The lowest BCUT2D eigenvalue weighted by atomic mass is 9.91. The zero-order valence-electron chi connectivity index (χ0n) is 19.9. The number of hydrogen-bond donors (Lipinski definition) is 1. The second-order valence-corrected chi connectivity index (χ2v) is 10.4. The molecule has 33 heavy (non-hydrogen) atoms. The van der Waals surface area contributed by atoms with E-state index in [2.05, 4.69) is 19.9 Å². The summed E-state index contributed by atoms with van der Waals surface area (Å²) in [7, 11) is 3.25. The summed E-state index contributed by atoms with van der Waals surface area (Å²) in [5.41, 5.74) is 2.91. The number of thiocarbonyl (C=S) groups is 1. The number of benzene rings is 2. The van der Waals surface area contributed by atoms with Crippen molar-refractivity contribution in [1.82, 2.24) is 4.90 Å². The number of carboxylic acids is 1. The van der Waals surface area contributed by atoms with Gasteiger partial charge >= 0.3 is 5.97 Å². The molecule has 8 heteroatoms. The molecule has 3 rings (SSSR count). The van der Waals surface area contributed by atoms with E-state index in [0.717, 1.165) is 45.0 Å². The average Bonchev–Trinajstić information content (AvgIpc) is 3.00. The number of aliphatic carboxylic acids is 1. The first-order valence-corrected chi connectivity index (χ1v) is 11.9. The van der Waals surface area contributed by atoms with Crippen molar-refractivity contribution < 1.29 is 24.2 Å². The van der Waals surface area contributed by atoms with Crippen LogP contribution in [0, 0.1) is 12.8 Å². The van der Waals surface area contributed by atoms with Crippen molar-refractivity contribution in [1.29, 1.82) is 0 Å². The van der Waals surface area contributed by atoms with E-state index in [-0.39, 0.29) is 22.1 Å². The Labute approximate surface area is 203 Å². The van der Waals surface area contributed by atoms with Crippen LogP contribution in [0.4, 0.5) is 0 Å². The first-order valence-electron chi connectivity index (χ1n) is 10.7. The summed E-state index contributed by atoms with van der Waals surface area (Å²) in [6.07, 6.45) is 1.79. The molecule has 0 spiro atoms. The van der Waals surface area contributed by atoms with Crippen molar-refractivity contribution in [3.8, 4) is 11.5 Å². The zero-order chi connectivity index (χ0) is 24.6. The van der Waals surface area contributed by atoms with Crippen LogP contribution < -0.4 is 9.47 Å². The van der Waals surface area contributed by atoms with E-state index in [1.165, 1.54) is 4.90 Å². The minimum absolute atomic E-state index is 0.211. The van der Waals surface area contributed by atoms with Gasteiger partial charge in [-0.1, -0.05) is 57.7 Å². The van der Waals surface area contributed by atoms with Crippen molar-refractivity contribution >= 4 is 57.0 Å². The lowest BCUT2D eigenvalue weighted by molar-refractivity contribution is -0.146. The largest absolute Gasteiger partial charge is 0.493 e. The van der Waals surface area contributed by atoms with Gasteiger partial charge in [0.05, 0.1) is 19.1 Å². The Hall–Kier alpha value is -2.58. The topological polar surface area (TPSA) is 76.1 Å². The Morgan fingerprint density at radius 2 is 1.82 bits per heavy atom. The molecule has 176 valence electrons. The molecule has 0 saturated carbocycles. The number of rotatable bonds is 7. The monoisotopic (exact) mass is 487 g/mol. The van der Waals surface area contributed by atoms with Gasteiger partial charge in [0.2, 0.25) is 0 Å². The maximum absolute atomic E-state index is 13.1. The van der Waals surface area contributed by atoms with E-state index >= 15 is 0 Å². The molecule has 1 unspecified atom stereocenters. The third-order valence-electron chi connectivity index (χ3n) is 5.76. The van der Waals surface area contributed by atoms with E-state index in [9.17, 15) is 14.7 Å². The van der Waals surface area contributed by atoms with Gasteiger partial charge in [-0.05, 0) is 58.9 Å². The molecular formula is C25H29NO5S2. The highest BCUT2D eigenvalue weighted by molar-refractivity contribution is 8.26. The number of aryl methyl sites for hydroxylation is 1. The minimum atomic E-state index is -1.06. The van der Waals surface area contributed by atoms with E-state index in [4.69, 9.17) is 21.7 Å². The number of amides is 1. The first kappa shape index (κ1) is 25.1. The Balaban J connectivity index is 2.13. The highest BCUT2D eigenvalue weighted by atomic mass is 32.2. The molecule has 1 aliphatic heterocycles. The average molecular weight is 488 g/mol. The molecule has 1 aliphatic rings. The van der Waals surface area contributed by atoms with E-state index in [1.54, 1.807) is 34.1 Å². The Bertz CT molecular complexity index is 1170. The van der Waals surface area contributed by atoms with Gasteiger partial charge in [-0.3, -0.25) is 9.69 Å². The molecule has 2 aromatic carbocycles. The predicted octanol–water partition coefficient (Wildman–Crippen LogP) is 5.60. The molecule has 0 bridgehead atoms. The van der Waals surface area contributed by atoms with Gasteiger partial charge in [0.1, 0.15) is 10.4 Å². The fourth-order valence-electron chi connectivity index (χ4n) is 4.20. The lowest BCUT2D eigenvalue weighted by Gasteiger charge is -2.26. The number of carbonyl (C=O) groups is 2. The molecule has 0 aliphatic carbocycles. The highest BCUT2D eigenvalue weighted by Gasteiger charge is 2.41. The summed E-state index contributed by atoms with van der Waals surface area (Å²) < 4.78 is 11.5. The predicted molar refractivity (Wildman–Crippen MR) is 137 cm³/mol. The van der Waals surface area contributed by atoms with E-state index < -0.39 is 12.0 Å². The number of fused-ring (bicyclic) bond motifs is 1. The van der Waals surface area contributed by atoms with E-state index in [1.807, 2.05) is 19.1 Å². The summed E-state index contributed by atoms with van der Waals surface area (Å²) in [6, 6.07) is 5.04. The summed E-state index contributed by atoms with van der Waals surface area (Å²) in [5, 5.41) is 11.7. The van der Waals surface area contributed by atoms with E-state index in [0.29, 0.717) is 10.7 Å². The third-order valence-corrected chi connectivity index (χ3v) is 7.09. The molecule has 1 amide bonds. The zero-order valence-corrected chi connectivity index (χ0v) is 21.5. The smallest absolute Gasteiger partial charge is 0.327 e. The highest BCUT2D eigenvalue weighted by Crippen LogP contribution is 2.43. The number of thioether (sulfide) groups is 1. The molecule has 6 nitrogen and oxygen atoms in total. The Morgan fingerprint density at radius 1 is 1.15 bits per heavy atom. The fourth-order valence-corrected chi connectivity index (χ4v) is 5.52. The Morgan fingerprint density at radius 3 is 2.33 bits per heavy atom. The van der Waals surface area contributed by atoms with Crippen molar-refractivity contribution in [2.45, 2.75) is 46.6 Å². The van der Waals surface area contributed by atoms with Crippen molar-refractivity contribution in [2.75, 3.05) is 14.2 Å². The number of nitrogens with zero attached hydrogens (tertiary/aromatic N) is 1. The molecular weight excluding hydrogens is 458 g/mol. The molecule has 1 atom stereocenters. The molecule has 1 heterocycles. The van der Waals surface area contributed by atoms with Gasteiger partial charge in [-0.25, -0.2) is 4.79 Å². The maximum Gasteiger partial charge on any atom is 0.327 e. The van der Waals surface area contributed by atoms with Crippen LogP contribution in [0.25, 0.3) is 16.8 Å². The van der Waals surface area contributed by atoms with Crippen molar-refractivity contribution in [3.05, 3.63) is 39.8 Å². The van der Waals surface area contributed by atoms with Crippen LogP contribution in [-0.2, 0) is 9.59 Å². The van der Waals surface area contributed by atoms with Crippen molar-refractivity contribution in [3.63, 3.8) is 0 Å². The summed E-state index contributed by atoms with van der Waals surface area (Å²) in [6.45, 7) is 9.74. The minimum Gasteiger partial charge on any atom is -0.493 e. The fraction of sp³-hybridized carbons (Fsp3) is 0.400. The van der Waals surface area contributed by atoms with Gasteiger partial charge in [0, 0.05) is 5.56 Å². The number of carbonyl (C=O) groups excluding carboxylic acids is 1. The first-order chi connectivity index (χ1) is 15.5. The summed E-state index contributed by atoms with van der Waals surface area (Å²) in [4.78, 5) is 26.5. The lowest BCUT2D eigenvalue weighted by Crippen LogP contribution is -2.47. The van der Waals surface area contributed by atoms with Crippen LogP contribution in [0.15, 0.2) is 23.1 Å². The molecule has 0 aromatic heterocycles. The van der Waals surface area contributed by atoms with Crippen LogP contribution in [0.2, 0.25) is 0 Å². The normalized spacial score (nSPS) is 16.4. The molecule has 1 saturated heterocycles. The summed E-state index contributed by atoms with van der Waals surface area (Å²) in [5.74, 6) is -0.128. The van der Waals surface area contributed by atoms with Crippen LogP contribution in [0.5, 0.6) is 11.5 Å². The Kier molecular flexibility index (Phi) is 7.39. The standard InChI is InChI=1S/C25H29NO5S2/c1-12(2)20-17-8-14(5)15(9-16(17)10-18(30-6)22(20)31-7)11-19-23(27)26(25(32)33-19)21(13(3)4)24(28)29/h8-13,21H,1-7H3,(H,28,29)/b19-11-. The van der Waals surface area contributed by atoms with Gasteiger partial charge in [-0.2, -0.15) is 0 Å². The van der Waals surface area contributed by atoms with Gasteiger partial charge in [0.15, 0.2) is 11.5 Å². The van der Waals surface area contributed by atoms with Crippen LogP contribution in [0.3, 0.4) is 0 Å². The van der Waals surface area contributed by atoms with Crippen LogP contribution in [0.1, 0.15) is 50.3 Å². The molecule has 0 radical (unpaired) electrons. The third kappa shape index (κ3) is 4.59. The van der Waals surface area contributed by atoms with Gasteiger partial charge in [-0.15, -0.1) is 0 Å². The molecule has 1 N–H and O–H groups in total. The second kappa shape index (κ2) is 9.73. The summed E-state index contributed by atoms with van der Waals surface area (Å²) >= 11 is 6.51. The molecule has 2 aromatic rings. The van der Waals surface area contributed by atoms with Gasteiger partial charge in [0.25, 0.3) is 5.91 Å². The number of carboxylic acid groups (broad SMARTS) is 1. The number of methoxy groups -OCH3 is 2. The quantitative estimate of drug-likeness (QED) is 0.402. The maximum atomic E-state index is 13.1. The van der Waals surface area contributed by atoms with Crippen molar-refractivity contribution in [2.24, 2.45) is 5.92 Å². The van der Waals surface area contributed by atoms with Gasteiger partial charge < -0.3 is 14.6 Å². The number of hydrogen-bond acceptors (Lipinski definition) is 6. The van der Waals surface area contributed by atoms with Crippen LogP contribution >= 0.6 is 24.0 Å². The SMILES string of the molecule is COc1cc2cc(/C=C3\SC(=S)N(C(C(=O)O)C(C)C)C3=O)c(C)cc2c(C(C)C)c1OC.